The summed E-state index contributed by atoms with van der Waals surface area (Å²) < 4.78 is 5.09. The van der Waals surface area contributed by atoms with Crippen molar-refractivity contribution in [2.45, 2.75) is 6.92 Å². The standard InChI is InChI=1S/C9H14N2O/c1-2-11-8-3-5-9(6-4-8)12-7-10/h3-6,11H,2,7,10H2,1H3. The van der Waals surface area contributed by atoms with Crippen LogP contribution >= 0.6 is 0 Å². The topological polar surface area (TPSA) is 47.3 Å². The van der Waals surface area contributed by atoms with E-state index in [0.29, 0.717) is 0 Å². The predicted molar refractivity (Wildman–Crippen MR) is 50.3 cm³/mol. The van der Waals surface area contributed by atoms with Crippen molar-refractivity contribution in [1.82, 2.24) is 0 Å². The minimum atomic E-state index is 0.223. The van der Waals surface area contributed by atoms with E-state index in [9.17, 15) is 0 Å². The zero-order valence-electron chi connectivity index (χ0n) is 7.21. The van der Waals surface area contributed by atoms with Crippen molar-refractivity contribution in [2.24, 2.45) is 5.73 Å². The zero-order chi connectivity index (χ0) is 8.81. The molecule has 0 amide bonds. The third kappa shape index (κ3) is 2.43. The highest BCUT2D eigenvalue weighted by atomic mass is 16.5. The van der Waals surface area contributed by atoms with Gasteiger partial charge < -0.3 is 10.1 Å². The number of hydrogen-bond donors (Lipinski definition) is 2. The number of nitrogens with one attached hydrogen (secondary N) is 1. The third-order valence-electron chi connectivity index (χ3n) is 1.49. The van der Waals surface area contributed by atoms with Crippen molar-refractivity contribution in [3.8, 4) is 5.75 Å². The van der Waals surface area contributed by atoms with Crippen molar-refractivity contribution in [2.75, 3.05) is 18.6 Å². The molecule has 1 aromatic rings. The molecule has 1 rings (SSSR count). The van der Waals surface area contributed by atoms with Crippen LogP contribution in [0.2, 0.25) is 0 Å². The molecule has 0 aliphatic carbocycles. The molecule has 0 unspecified atom stereocenters. The van der Waals surface area contributed by atoms with Crippen LogP contribution in [0.15, 0.2) is 24.3 Å². The van der Waals surface area contributed by atoms with Gasteiger partial charge in [0.2, 0.25) is 0 Å². The van der Waals surface area contributed by atoms with E-state index in [4.69, 9.17) is 10.5 Å². The summed E-state index contributed by atoms with van der Waals surface area (Å²) in [6, 6.07) is 7.72. The van der Waals surface area contributed by atoms with Crippen LogP contribution in [0.1, 0.15) is 6.92 Å². The molecule has 12 heavy (non-hydrogen) atoms. The third-order valence-corrected chi connectivity index (χ3v) is 1.49. The first kappa shape index (κ1) is 8.87. The highest BCUT2D eigenvalue weighted by Gasteiger charge is 1.91. The Hall–Kier alpha value is -1.22. The Morgan fingerprint density at radius 3 is 2.50 bits per heavy atom. The molecule has 3 N–H and O–H groups in total. The van der Waals surface area contributed by atoms with E-state index in [1.165, 1.54) is 0 Å². The fourth-order valence-electron chi connectivity index (χ4n) is 0.969. The van der Waals surface area contributed by atoms with Crippen LogP contribution in [0.3, 0.4) is 0 Å². The normalized spacial score (nSPS) is 9.50. The van der Waals surface area contributed by atoms with Crippen LogP contribution in [0, 0.1) is 0 Å². The fraction of sp³-hybridized carbons (Fsp3) is 0.333. The van der Waals surface area contributed by atoms with E-state index in [0.717, 1.165) is 18.0 Å². The van der Waals surface area contributed by atoms with E-state index in [1.54, 1.807) is 0 Å². The maximum Gasteiger partial charge on any atom is 0.137 e. The number of anilines is 1. The number of nitrogens with two attached hydrogens (primary N) is 1. The molecular formula is C9H14N2O. The van der Waals surface area contributed by atoms with Crippen LogP contribution in [0.4, 0.5) is 5.69 Å². The largest absolute Gasteiger partial charge is 0.479 e. The summed E-state index contributed by atoms with van der Waals surface area (Å²) in [5.41, 5.74) is 6.32. The predicted octanol–water partition coefficient (Wildman–Crippen LogP) is 1.41. The first-order valence-electron chi connectivity index (χ1n) is 4.03. The van der Waals surface area contributed by atoms with Gasteiger partial charge in [0.15, 0.2) is 0 Å². The molecule has 0 fully saturated rings. The first-order chi connectivity index (χ1) is 5.86. The Morgan fingerprint density at radius 1 is 1.33 bits per heavy atom. The van der Waals surface area contributed by atoms with Crippen LogP contribution in [-0.4, -0.2) is 13.3 Å². The van der Waals surface area contributed by atoms with E-state index < -0.39 is 0 Å². The van der Waals surface area contributed by atoms with Crippen LogP contribution in [0.25, 0.3) is 0 Å². The lowest BCUT2D eigenvalue weighted by atomic mass is 10.3. The summed E-state index contributed by atoms with van der Waals surface area (Å²) in [7, 11) is 0. The lowest BCUT2D eigenvalue weighted by Gasteiger charge is -2.05. The summed E-state index contributed by atoms with van der Waals surface area (Å²) in [5.74, 6) is 0.805. The highest BCUT2D eigenvalue weighted by Crippen LogP contribution is 2.14. The summed E-state index contributed by atoms with van der Waals surface area (Å²) in [6.07, 6.45) is 0. The van der Waals surface area contributed by atoms with Gasteiger partial charge in [0.1, 0.15) is 12.5 Å². The second-order valence-electron chi connectivity index (χ2n) is 2.37. The Labute approximate surface area is 72.5 Å². The Morgan fingerprint density at radius 2 is 2.00 bits per heavy atom. The van der Waals surface area contributed by atoms with Crippen molar-refractivity contribution >= 4 is 5.69 Å². The summed E-state index contributed by atoms with van der Waals surface area (Å²) in [4.78, 5) is 0. The van der Waals surface area contributed by atoms with Gasteiger partial charge in [-0.15, -0.1) is 0 Å². The molecule has 0 radical (unpaired) electrons. The Balaban J connectivity index is 2.58. The van der Waals surface area contributed by atoms with Crippen LogP contribution in [0.5, 0.6) is 5.75 Å². The van der Waals surface area contributed by atoms with Gasteiger partial charge in [0.05, 0.1) is 0 Å². The molecule has 3 nitrogen and oxygen atoms in total. The van der Waals surface area contributed by atoms with E-state index in [-0.39, 0.29) is 6.73 Å². The molecule has 0 aromatic heterocycles. The van der Waals surface area contributed by atoms with Crippen molar-refractivity contribution < 1.29 is 4.74 Å². The van der Waals surface area contributed by atoms with Gasteiger partial charge in [0, 0.05) is 12.2 Å². The van der Waals surface area contributed by atoms with Crippen molar-refractivity contribution in [3.63, 3.8) is 0 Å². The molecule has 0 bridgehead atoms. The van der Waals surface area contributed by atoms with E-state index >= 15 is 0 Å². The number of rotatable bonds is 4. The summed E-state index contributed by atoms with van der Waals surface area (Å²) >= 11 is 0. The number of hydrogen-bond acceptors (Lipinski definition) is 3. The van der Waals surface area contributed by atoms with Crippen molar-refractivity contribution in [1.29, 1.82) is 0 Å². The zero-order valence-corrected chi connectivity index (χ0v) is 7.21. The van der Waals surface area contributed by atoms with Gasteiger partial charge in [-0.1, -0.05) is 0 Å². The minimum Gasteiger partial charge on any atom is -0.479 e. The Kier molecular flexibility index (Phi) is 3.41. The van der Waals surface area contributed by atoms with E-state index in [2.05, 4.69) is 12.2 Å². The van der Waals surface area contributed by atoms with Gasteiger partial charge in [0.25, 0.3) is 0 Å². The average Bonchev–Trinajstić information content (AvgIpc) is 2.09. The van der Waals surface area contributed by atoms with Gasteiger partial charge in [-0.2, -0.15) is 0 Å². The smallest absolute Gasteiger partial charge is 0.137 e. The first-order valence-corrected chi connectivity index (χ1v) is 4.03. The molecule has 0 aliphatic heterocycles. The fourth-order valence-corrected chi connectivity index (χ4v) is 0.969. The molecule has 0 saturated carbocycles. The van der Waals surface area contributed by atoms with Gasteiger partial charge >= 0.3 is 0 Å². The highest BCUT2D eigenvalue weighted by molar-refractivity contribution is 5.46. The molecule has 1 aromatic carbocycles. The van der Waals surface area contributed by atoms with Crippen molar-refractivity contribution in [3.05, 3.63) is 24.3 Å². The van der Waals surface area contributed by atoms with Crippen LogP contribution < -0.4 is 15.8 Å². The number of benzene rings is 1. The molecule has 3 heteroatoms. The molecule has 0 spiro atoms. The van der Waals surface area contributed by atoms with Gasteiger partial charge in [-0.05, 0) is 31.2 Å². The molecule has 66 valence electrons. The van der Waals surface area contributed by atoms with Gasteiger partial charge in [-0.3, -0.25) is 5.73 Å². The molecule has 0 heterocycles. The second kappa shape index (κ2) is 4.62. The Bertz CT molecular complexity index is 195. The SMILES string of the molecule is CCNc1ccc(OCN)cc1. The number of ether oxygens (including phenoxy) is 1. The molecular weight excluding hydrogens is 152 g/mol. The quantitative estimate of drug-likeness (QED) is 0.665. The molecule has 0 aliphatic rings. The van der Waals surface area contributed by atoms with Gasteiger partial charge in [-0.25, -0.2) is 0 Å². The second-order valence-corrected chi connectivity index (χ2v) is 2.37. The molecule has 0 atom stereocenters. The lowest BCUT2D eigenvalue weighted by Crippen LogP contribution is -2.07. The van der Waals surface area contributed by atoms with Crippen LogP contribution in [-0.2, 0) is 0 Å². The minimum absolute atomic E-state index is 0.223. The average molecular weight is 166 g/mol. The maximum absolute atomic E-state index is 5.22. The summed E-state index contributed by atoms with van der Waals surface area (Å²) in [6.45, 7) is 3.21. The molecule has 0 saturated heterocycles. The monoisotopic (exact) mass is 166 g/mol. The summed E-state index contributed by atoms with van der Waals surface area (Å²) in [5, 5.41) is 3.19. The maximum atomic E-state index is 5.22. The lowest BCUT2D eigenvalue weighted by molar-refractivity contribution is 0.330. The van der Waals surface area contributed by atoms with E-state index in [1.807, 2.05) is 24.3 Å².